The predicted octanol–water partition coefficient (Wildman–Crippen LogP) is 3.07. The molecule has 2 aromatic rings. The Morgan fingerprint density at radius 1 is 1.24 bits per heavy atom. The van der Waals surface area contributed by atoms with Gasteiger partial charge in [0.2, 0.25) is 17.6 Å². The molecule has 0 bridgehead atoms. The van der Waals surface area contributed by atoms with E-state index in [1.54, 1.807) is 0 Å². The number of benzene rings is 1. The van der Waals surface area contributed by atoms with E-state index >= 15 is 0 Å². The molecule has 0 saturated heterocycles. The summed E-state index contributed by atoms with van der Waals surface area (Å²) in [7, 11) is 0. The summed E-state index contributed by atoms with van der Waals surface area (Å²) in [5.74, 6) is 1.48. The van der Waals surface area contributed by atoms with Crippen LogP contribution in [0.5, 0.6) is 0 Å². The minimum absolute atomic E-state index is 0. The van der Waals surface area contributed by atoms with Crippen molar-refractivity contribution in [2.45, 2.75) is 52.0 Å². The highest BCUT2D eigenvalue weighted by molar-refractivity contribution is 5.85. The zero-order valence-electron chi connectivity index (χ0n) is 15.0. The van der Waals surface area contributed by atoms with E-state index in [9.17, 15) is 4.79 Å². The Bertz CT molecular complexity index is 653. The van der Waals surface area contributed by atoms with Crippen molar-refractivity contribution in [3.63, 3.8) is 0 Å². The Morgan fingerprint density at radius 2 is 1.92 bits per heavy atom. The van der Waals surface area contributed by atoms with Gasteiger partial charge in [-0.3, -0.25) is 4.79 Å². The van der Waals surface area contributed by atoms with E-state index in [4.69, 9.17) is 10.3 Å². The summed E-state index contributed by atoms with van der Waals surface area (Å²) in [5, 5.41) is 6.82. The monoisotopic (exact) mass is 366 g/mol. The zero-order valence-corrected chi connectivity index (χ0v) is 15.8. The molecule has 0 spiro atoms. The maximum absolute atomic E-state index is 11.7. The van der Waals surface area contributed by atoms with Crippen LogP contribution in [0.1, 0.15) is 51.0 Å². The van der Waals surface area contributed by atoms with Crippen LogP contribution in [0.3, 0.4) is 0 Å². The standard InChI is InChI=1S/C18H26N4O2.ClH/c1-12(2)14-4-6-15(7-5-14)18-21-17(24-22-18)9-8-16(23)20-11-10-13(3)19;/h4-7,12-13H,8-11,19H2,1-3H3,(H,20,23);1H. The third-order valence-corrected chi connectivity index (χ3v) is 3.79. The summed E-state index contributed by atoms with van der Waals surface area (Å²) in [6.45, 7) is 6.81. The number of nitrogens with two attached hydrogens (primary N) is 1. The van der Waals surface area contributed by atoms with E-state index < -0.39 is 0 Å². The van der Waals surface area contributed by atoms with Crippen molar-refractivity contribution in [2.24, 2.45) is 5.73 Å². The number of amides is 1. The lowest BCUT2D eigenvalue weighted by Crippen LogP contribution is -2.29. The van der Waals surface area contributed by atoms with E-state index in [-0.39, 0.29) is 24.4 Å². The lowest BCUT2D eigenvalue weighted by molar-refractivity contribution is -0.121. The summed E-state index contributed by atoms with van der Waals surface area (Å²) >= 11 is 0. The Balaban J connectivity index is 0.00000312. The van der Waals surface area contributed by atoms with E-state index in [0.29, 0.717) is 37.0 Å². The van der Waals surface area contributed by atoms with Crippen LogP contribution in [0.25, 0.3) is 11.4 Å². The molecule has 0 radical (unpaired) electrons. The van der Waals surface area contributed by atoms with Crippen LogP contribution >= 0.6 is 12.4 Å². The molecular formula is C18H27ClN4O2. The van der Waals surface area contributed by atoms with Crippen LogP contribution < -0.4 is 11.1 Å². The topological polar surface area (TPSA) is 94.0 Å². The molecule has 25 heavy (non-hydrogen) atoms. The number of nitrogens with zero attached hydrogens (tertiary/aromatic N) is 2. The van der Waals surface area contributed by atoms with Crippen molar-refractivity contribution in [1.82, 2.24) is 15.5 Å². The second-order valence-corrected chi connectivity index (χ2v) is 6.40. The van der Waals surface area contributed by atoms with Gasteiger partial charge >= 0.3 is 0 Å². The van der Waals surface area contributed by atoms with Crippen LogP contribution in [0, 0.1) is 0 Å². The normalized spacial score (nSPS) is 11.9. The molecule has 3 N–H and O–H groups in total. The Labute approximate surface area is 155 Å². The molecular weight excluding hydrogens is 340 g/mol. The van der Waals surface area contributed by atoms with Crippen molar-refractivity contribution in [3.8, 4) is 11.4 Å². The molecule has 0 fully saturated rings. The van der Waals surface area contributed by atoms with Gasteiger partial charge in [-0.15, -0.1) is 12.4 Å². The third-order valence-electron chi connectivity index (χ3n) is 3.79. The minimum atomic E-state index is -0.0308. The lowest BCUT2D eigenvalue weighted by Gasteiger charge is -2.06. The fourth-order valence-corrected chi connectivity index (χ4v) is 2.24. The van der Waals surface area contributed by atoms with Gasteiger partial charge in [0.05, 0.1) is 0 Å². The first-order chi connectivity index (χ1) is 11.5. The van der Waals surface area contributed by atoms with Gasteiger partial charge in [-0.1, -0.05) is 43.3 Å². The predicted molar refractivity (Wildman–Crippen MR) is 101 cm³/mol. The van der Waals surface area contributed by atoms with Gasteiger partial charge in [-0.05, 0) is 24.8 Å². The van der Waals surface area contributed by atoms with E-state index in [2.05, 4.69) is 41.4 Å². The van der Waals surface area contributed by atoms with E-state index in [1.807, 2.05) is 19.1 Å². The first kappa shape index (κ1) is 21.1. The van der Waals surface area contributed by atoms with Crippen LogP contribution in [0.4, 0.5) is 0 Å². The van der Waals surface area contributed by atoms with Crippen molar-refractivity contribution in [1.29, 1.82) is 0 Å². The Kier molecular flexibility index (Phi) is 8.58. The van der Waals surface area contributed by atoms with Crippen LogP contribution in [-0.4, -0.2) is 28.6 Å². The van der Waals surface area contributed by atoms with Crippen LogP contribution in [-0.2, 0) is 11.2 Å². The molecule has 1 unspecified atom stereocenters. The summed E-state index contributed by atoms with van der Waals surface area (Å²) in [5.41, 5.74) is 7.83. The van der Waals surface area contributed by atoms with Gasteiger partial charge in [-0.25, -0.2) is 0 Å². The minimum Gasteiger partial charge on any atom is -0.356 e. The van der Waals surface area contributed by atoms with Crippen LogP contribution in [0.2, 0.25) is 0 Å². The van der Waals surface area contributed by atoms with Crippen molar-refractivity contribution < 1.29 is 9.32 Å². The van der Waals surface area contributed by atoms with Crippen LogP contribution in [0.15, 0.2) is 28.8 Å². The molecule has 0 saturated carbocycles. The largest absolute Gasteiger partial charge is 0.356 e. The number of halogens is 1. The molecule has 1 atom stereocenters. The number of carbonyl (C=O) groups is 1. The average molecular weight is 367 g/mol. The molecule has 1 amide bonds. The zero-order chi connectivity index (χ0) is 17.5. The van der Waals surface area contributed by atoms with Gasteiger partial charge in [0, 0.05) is 31.0 Å². The summed E-state index contributed by atoms with van der Waals surface area (Å²) < 4.78 is 5.23. The first-order valence-electron chi connectivity index (χ1n) is 8.41. The fraction of sp³-hybridized carbons (Fsp3) is 0.500. The summed E-state index contributed by atoms with van der Waals surface area (Å²) in [4.78, 5) is 16.1. The van der Waals surface area contributed by atoms with Crippen molar-refractivity contribution in [2.75, 3.05) is 6.54 Å². The third kappa shape index (κ3) is 6.84. The highest BCUT2D eigenvalue weighted by atomic mass is 35.5. The highest BCUT2D eigenvalue weighted by Gasteiger charge is 2.11. The van der Waals surface area contributed by atoms with Gasteiger partial charge in [0.25, 0.3) is 0 Å². The SMILES string of the molecule is CC(N)CCNC(=O)CCc1nc(-c2ccc(C(C)C)cc2)no1.Cl. The molecule has 138 valence electrons. The number of nitrogens with one attached hydrogen (secondary N) is 1. The van der Waals surface area contributed by atoms with Crippen molar-refractivity contribution >= 4 is 18.3 Å². The number of aryl methyl sites for hydroxylation is 1. The first-order valence-corrected chi connectivity index (χ1v) is 8.41. The van der Waals surface area contributed by atoms with E-state index in [0.717, 1.165) is 12.0 Å². The molecule has 0 aliphatic carbocycles. The fourth-order valence-electron chi connectivity index (χ4n) is 2.24. The number of aromatic nitrogens is 2. The Hall–Kier alpha value is -1.92. The number of hydrogen-bond donors (Lipinski definition) is 2. The molecule has 0 aliphatic heterocycles. The van der Waals surface area contributed by atoms with Gasteiger partial charge in [0.15, 0.2) is 0 Å². The number of rotatable bonds is 8. The molecule has 6 nitrogen and oxygen atoms in total. The van der Waals surface area contributed by atoms with Gasteiger partial charge < -0.3 is 15.6 Å². The number of carbonyl (C=O) groups excluding carboxylic acids is 1. The number of hydrogen-bond acceptors (Lipinski definition) is 5. The summed E-state index contributed by atoms with van der Waals surface area (Å²) in [6, 6.07) is 8.21. The van der Waals surface area contributed by atoms with Gasteiger partial charge in [0.1, 0.15) is 0 Å². The highest BCUT2D eigenvalue weighted by Crippen LogP contribution is 2.20. The summed E-state index contributed by atoms with van der Waals surface area (Å²) in [6.07, 6.45) is 1.52. The molecule has 2 rings (SSSR count). The molecule has 0 aliphatic rings. The smallest absolute Gasteiger partial charge is 0.227 e. The van der Waals surface area contributed by atoms with Crippen molar-refractivity contribution in [3.05, 3.63) is 35.7 Å². The molecule has 1 aromatic carbocycles. The maximum atomic E-state index is 11.7. The molecule has 1 aromatic heterocycles. The average Bonchev–Trinajstić information content (AvgIpc) is 3.01. The quantitative estimate of drug-likeness (QED) is 0.748. The van der Waals surface area contributed by atoms with E-state index in [1.165, 1.54) is 5.56 Å². The second-order valence-electron chi connectivity index (χ2n) is 6.40. The van der Waals surface area contributed by atoms with Gasteiger partial charge in [-0.2, -0.15) is 4.98 Å². The lowest BCUT2D eigenvalue weighted by atomic mass is 10.0. The maximum Gasteiger partial charge on any atom is 0.227 e. The second kappa shape index (κ2) is 10.2. The Morgan fingerprint density at radius 3 is 2.52 bits per heavy atom. The molecule has 7 heteroatoms. The molecule has 1 heterocycles.